The van der Waals surface area contributed by atoms with Crippen LogP contribution in [-0.2, 0) is 6.42 Å². The number of halogens is 3. The number of anilines is 1. The number of benzene rings is 1. The molecule has 0 saturated carbocycles. The summed E-state index contributed by atoms with van der Waals surface area (Å²) in [4.78, 5) is 4.43. The molecule has 25 heavy (non-hydrogen) atoms. The second kappa shape index (κ2) is 6.78. The van der Waals surface area contributed by atoms with Gasteiger partial charge in [-0.1, -0.05) is 30.7 Å². The van der Waals surface area contributed by atoms with Gasteiger partial charge in [0.15, 0.2) is 5.65 Å². The number of nitrogens with one attached hydrogen (secondary N) is 1. The van der Waals surface area contributed by atoms with E-state index in [-0.39, 0.29) is 6.54 Å². The van der Waals surface area contributed by atoms with E-state index in [1.54, 1.807) is 6.20 Å². The van der Waals surface area contributed by atoms with E-state index in [0.717, 1.165) is 28.8 Å². The van der Waals surface area contributed by atoms with Gasteiger partial charge >= 0.3 is 6.18 Å². The maximum absolute atomic E-state index is 12.4. The highest BCUT2D eigenvalue weighted by Gasteiger charge is 2.26. The summed E-state index contributed by atoms with van der Waals surface area (Å²) in [5.41, 5.74) is 5.39. The molecule has 0 spiro atoms. The zero-order valence-corrected chi connectivity index (χ0v) is 14.2. The topological polar surface area (TPSA) is 29.3 Å². The molecular formula is C19H20F3N3. The number of alkyl halides is 3. The lowest BCUT2D eigenvalue weighted by molar-refractivity contribution is -0.131. The molecule has 0 aliphatic carbocycles. The van der Waals surface area contributed by atoms with E-state index in [2.05, 4.69) is 16.4 Å². The minimum Gasteiger partial charge on any atom is -0.382 e. The van der Waals surface area contributed by atoms with Gasteiger partial charge in [-0.15, -0.1) is 0 Å². The van der Waals surface area contributed by atoms with Crippen molar-refractivity contribution in [3.05, 3.63) is 53.9 Å². The van der Waals surface area contributed by atoms with Gasteiger partial charge in [-0.3, -0.25) is 4.40 Å². The lowest BCUT2D eigenvalue weighted by Gasteiger charge is -2.12. The summed E-state index contributed by atoms with van der Waals surface area (Å²) in [5.74, 6) is 0. The minimum atomic E-state index is -4.17. The fraction of sp³-hybridized carbons (Fsp3) is 0.316. The Kier molecular flexibility index (Phi) is 4.70. The average Bonchev–Trinajstić information content (AvgIpc) is 2.97. The Bertz CT molecular complexity index is 881. The molecular weight excluding hydrogens is 327 g/mol. The van der Waals surface area contributed by atoms with Crippen LogP contribution in [0.15, 0.2) is 42.7 Å². The van der Waals surface area contributed by atoms with E-state index in [9.17, 15) is 13.2 Å². The third-order valence-corrected chi connectivity index (χ3v) is 4.11. The van der Waals surface area contributed by atoms with Crippen LogP contribution in [0.25, 0.3) is 16.9 Å². The summed E-state index contributed by atoms with van der Waals surface area (Å²) in [6, 6.07) is 9.95. The Morgan fingerprint density at radius 3 is 2.68 bits per heavy atom. The Hall–Kier alpha value is -2.50. The van der Waals surface area contributed by atoms with Crippen LogP contribution < -0.4 is 5.32 Å². The van der Waals surface area contributed by atoms with Gasteiger partial charge in [-0.2, -0.15) is 13.2 Å². The van der Waals surface area contributed by atoms with E-state index in [4.69, 9.17) is 0 Å². The Labute approximate surface area is 144 Å². The van der Waals surface area contributed by atoms with Gasteiger partial charge < -0.3 is 5.32 Å². The van der Waals surface area contributed by atoms with Gasteiger partial charge in [0.05, 0.1) is 24.0 Å². The first-order valence-corrected chi connectivity index (χ1v) is 8.25. The van der Waals surface area contributed by atoms with Crippen LogP contribution in [0.3, 0.4) is 0 Å². The molecule has 1 N–H and O–H groups in total. The number of imidazole rings is 1. The number of fused-ring (bicyclic) bond motifs is 1. The standard InChI is InChI=1S/C19H20F3N3/c1-3-14-10-16(23-8-7-19(20,21)22)18-24-11-17(25(18)12-14)15-6-4-5-13(2)9-15/h4-6,9-12,23H,3,7-8H2,1-2H3. The van der Waals surface area contributed by atoms with Crippen molar-refractivity contribution in [2.45, 2.75) is 32.9 Å². The largest absolute Gasteiger partial charge is 0.390 e. The molecule has 0 saturated heterocycles. The lowest BCUT2D eigenvalue weighted by Crippen LogP contribution is -2.15. The molecule has 0 radical (unpaired) electrons. The van der Waals surface area contributed by atoms with Crippen LogP contribution in [0.4, 0.5) is 18.9 Å². The van der Waals surface area contributed by atoms with E-state index in [1.165, 1.54) is 0 Å². The molecule has 0 amide bonds. The molecule has 0 aliphatic rings. The van der Waals surface area contributed by atoms with E-state index < -0.39 is 12.6 Å². The van der Waals surface area contributed by atoms with Crippen LogP contribution in [0.1, 0.15) is 24.5 Å². The number of hydrogen-bond acceptors (Lipinski definition) is 2. The van der Waals surface area contributed by atoms with Crippen LogP contribution in [0.5, 0.6) is 0 Å². The lowest BCUT2D eigenvalue weighted by atomic mass is 10.1. The molecule has 1 aromatic carbocycles. The summed E-state index contributed by atoms with van der Waals surface area (Å²) >= 11 is 0. The van der Waals surface area contributed by atoms with Gasteiger partial charge in [0.1, 0.15) is 0 Å². The smallest absolute Gasteiger partial charge is 0.382 e. The van der Waals surface area contributed by atoms with Crippen molar-refractivity contribution >= 4 is 11.3 Å². The Morgan fingerprint density at radius 2 is 2.00 bits per heavy atom. The normalized spacial score (nSPS) is 11.9. The van der Waals surface area contributed by atoms with E-state index in [1.807, 2.05) is 48.7 Å². The highest BCUT2D eigenvalue weighted by Crippen LogP contribution is 2.27. The predicted molar refractivity (Wildman–Crippen MR) is 93.9 cm³/mol. The maximum atomic E-state index is 12.4. The van der Waals surface area contributed by atoms with Crippen molar-refractivity contribution in [1.82, 2.24) is 9.38 Å². The van der Waals surface area contributed by atoms with Crippen molar-refractivity contribution in [2.75, 3.05) is 11.9 Å². The number of aryl methyl sites for hydroxylation is 2. The molecule has 0 unspecified atom stereocenters. The molecule has 3 nitrogen and oxygen atoms in total. The molecule has 0 aliphatic heterocycles. The SMILES string of the molecule is CCc1cc(NCCC(F)(F)F)c2ncc(-c3cccc(C)c3)n2c1. The molecule has 3 aromatic rings. The predicted octanol–water partition coefficient (Wildman–Crippen LogP) is 5.24. The first-order chi connectivity index (χ1) is 11.9. The van der Waals surface area contributed by atoms with Gasteiger partial charge in [-0.05, 0) is 31.0 Å². The fourth-order valence-corrected chi connectivity index (χ4v) is 2.82. The molecule has 3 rings (SSSR count). The van der Waals surface area contributed by atoms with Crippen molar-refractivity contribution in [3.8, 4) is 11.3 Å². The molecule has 132 valence electrons. The van der Waals surface area contributed by atoms with Crippen molar-refractivity contribution < 1.29 is 13.2 Å². The molecule has 0 fully saturated rings. The Morgan fingerprint density at radius 1 is 1.20 bits per heavy atom. The zero-order valence-electron chi connectivity index (χ0n) is 14.2. The number of hydrogen-bond donors (Lipinski definition) is 1. The summed E-state index contributed by atoms with van der Waals surface area (Å²) < 4.78 is 39.2. The minimum absolute atomic E-state index is 0.168. The van der Waals surface area contributed by atoms with E-state index in [0.29, 0.717) is 11.3 Å². The van der Waals surface area contributed by atoms with Gasteiger partial charge in [0.2, 0.25) is 0 Å². The summed E-state index contributed by atoms with van der Waals surface area (Å²) in [6.45, 7) is 3.87. The number of aromatic nitrogens is 2. The third-order valence-electron chi connectivity index (χ3n) is 4.11. The number of rotatable bonds is 5. The summed E-state index contributed by atoms with van der Waals surface area (Å²) in [6.07, 6.45) is -0.502. The van der Waals surface area contributed by atoms with Crippen LogP contribution >= 0.6 is 0 Å². The summed E-state index contributed by atoms with van der Waals surface area (Å²) in [5, 5.41) is 2.89. The zero-order chi connectivity index (χ0) is 18.0. The highest BCUT2D eigenvalue weighted by molar-refractivity contribution is 5.74. The molecule has 0 atom stereocenters. The number of pyridine rings is 1. The fourth-order valence-electron chi connectivity index (χ4n) is 2.82. The molecule has 2 heterocycles. The average molecular weight is 347 g/mol. The van der Waals surface area contributed by atoms with Gasteiger partial charge in [0, 0.05) is 18.3 Å². The number of nitrogens with zero attached hydrogens (tertiary/aromatic N) is 2. The quantitative estimate of drug-likeness (QED) is 0.684. The second-order valence-corrected chi connectivity index (χ2v) is 6.11. The monoisotopic (exact) mass is 347 g/mol. The van der Waals surface area contributed by atoms with Gasteiger partial charge in [-0.25, -0.2) is 4.98 Å². The molecule has 6 heteroatoms. The highest BCUT2D eigenvalue weighted by atomic mass is 19.4. The molecule has 2 aromatic heterocycles. The first-order valence-electron chi connectivity index (χ1n) is 8.25. The maximum Gasteiger partial charge on any atom is 0.390 e. The van der Waals surface area contributed by atoms with Crippen LogP contribution in [0.2, 0.25) is 0 Å². The van der Waals surface area contributed by atoms with Crippen molar-refractivity contribution in [3.63, 3.8) is 0 Å². The summed E-state index contributed by atoms with van der Waals surface area (Å²) in [7, 11) is 0. The second-order valence-electron chi connectivity index (χ2n) is 6.11. The van der Waals surface area contributed by atoms with Gasteiger partial charge in [0.25, 0.3) is 0 Å². The van der Waals surface area contributed by atoms with Crippen LogP contribution in [0, 0.1) is 6.92 Å². The first kappa shape index (κ1) is 17.3. The van der Waals surface area contributed by atoms with Crippen LogP contribution in [-0.4, -0.2) is 22.1 Å². The van der Waals surface area contributed by atoms with E-state index >= 15 is 0 Å². The molecule has 0 bridgehead atoms. The van der Waals surface area contributed by atoms with Crippen molar-refractivity contribution in [2.24, 2.45) is 0 Å². The third kappa shape index (κ3) is 3.95. The van der Waals surface area contributed by atoms with Crippen molar-refractivity contribution in [1.29, 1.82) is 0 Å². The Balaban J connectivity index is 2.01.